The monoisotopic (exact) mass is 460 g/mol. The van der Waals surface area contributed by atoms with Crippen LogP contribution in [0.3, 0.4) is 0 Å². The fraction of sp³-hybridized carbons (Fsp3) is 0.0667. The number of rotatable bonds is 5. The number of hydrogen-bond donors (Lipinski definition) is 2. The van der Waals surface area contributed by atoms with Crippen LogP contribution >= 0.6 is 43.5 Å². The minimum absolute atomic E-state index is 0.0982. The zero-order valence-corrected chi connectivity index (χ0v) is 15.5. The Kier molecular flexibility index (Phi) is 6.44. The fourth-order valence-corrected chi connectivity index (χ4v) is 2.98. The Hall–Kier alpha value is -1.57. The average molecular weight is 463 g/mol. The second-order valence-corrected chi connectivity index (χ2v) is 6.52. The molecule has 2 aromatic carbocycles. The summed E-state index contributed by atoms with van der Waals surface area (Å²) >= 11 is 12.2. The van der Waals surface area contributed by atoms with Crippen LogP contribution in [0.4, 0.5) is 0 Å². The second kappa shape index (κ2) is 8.33. The number of ether oxygens (including phenoxy) is 1. The first kappa shape index (κ1) is 17.8. The number of hydrazone groups is 1. The Morgan fingerprint density at radius 1 is 1.30 bits per heavy atom. The van der Waals surface area contributed by atoms with Crippen LogP contribution in [0.2, 0.25) is 5.02 Å². The number of amides is 1. The van der Waals surface area contributed by atoms with Gasteiger partial charge in [-0.25, -0.2) is 5.43 Å². The van der Waals surface area contributed by atoms with Gasteiger partial charge in [0, 0.05) is 5.02 Å². The van der Waals surface area contributed by atoms with Crippen molar-refractivity contribution in [3.63, 3.8) is 0 Å². The molecule has 1 amide bonds. The lowest BCUT2D eigenvalue weighted by atomic mass is 10.2. The fourth-order valence-electron chi connectivity index (χ4n) is 1.58. The van der Waals surface area contributed by atoms with Crippen molar-refractivity contribution in [2.24, 2.45) is 5.10 Å². The first-order valence-corrected chi connectivity index (χ1v) is 8.30. The van der Waals surface area contributed by atoms with Crippen LogP contribution in [-0.4, -0.2) is 23.8 Å². The van der Waals surface area contributed by atoms with Gasteiger partial charge in [-0.15, -0.1) is 0 Å². The van der Waals surface area contributed by atoms with Crippen molar-refractivity contribution in [2.45, 2.75) is 0 Å². The average Bonchev–Trinajstić information content (AvgIpc) is 2.50. The normalized spacial score (nSPS) is 10.7. The van der Waals surface area contributed by atoms with E-state index in [4.69, 9.17) is 16.3 Å². The maximum atomic E-state index is 11.6. The van der Waals surface area contributed by atoms with Gasteiger partial charge in [0.05, 0.1) is 15.2 Å². The SMILES string of the molecule is O=C(COc1cccc(Cl)c1)NN=Cc1cc(Br)c(O)c(Br)c1. The van der Waals surface area contributed by atoms with Crippen LogP contribution in [0, 0.1) is 0 Å². The van der Waals surface area contributed by atoms with Gasteiger partial charge in [0.1, 0.15) is 11.5 Å². The van der Waals surface area contributed by atoms with E-state index in [0.29, 0.717) is 25.3 Å². The number of aromatic hydroxyl groups is 1. The Balaban J connectivity index is 1.86. The Labute approximate surface area is 154 Å². The molecule has 0 fully saturated rings. The molecule has 0 unspecified atom stereocenters. The molecule has 5 nitrogen and oxygen atoms in total. The topological polar surface area (TPSA) is 70.9 Å². The number of carbonyl (C=O) groups is 1. The smallest absolute Gasteiger partial charge is 0.277 e. The summed E-state index contributed by atoms with van der Waals surface area (Å²) in [6, 6.07) is 10.1. The largest absolute Gasteiger partial charge is 0.506 e. The summed E-state index contributed by atoms with van der Waals surface area (Å²) in [6.45, 7) is -0.180. The van der Waals surface area contributed by atoms with E-state index in [-0.39, 0.29) is 12.4 Å². The van der Waals surface area contributed by atoms with Crippen molar-refractivity contribution < 1.29 is 14.6 Å². The summed E-state index contributed by atoms with van der Waals surface area (Å²) in [6.07, 6.45) is 1.45. The lowest BCUT2D eigenvalue weighted by molar-refractivity contribution is -0.123. The summed E-state index contributed by atoms with van der Waals surface area (Å²) in [5, 5.41) is 14.0. The number of benzene rings is 2. The van der Waals surface area contributed by atoms with E-state index in [1.807, 2.05) is 0 Å². The zero-order chi connectivity index (χ0) is 16.8. The van der Waals surface area contributed by atoms with Gasteiger partial charge in [0.25, 0.3) is 5.91 Å². The molecule has 2 N–H and O–H groups in total. The zero-order valence-electron chi connectivity index (χ0n) is 11.6. The van der Waals surface area contributed by atoms with Crippen LogP contribution in [0.5, 0.6) is 11.5 Å². The lowest BCUT2D eigenvalue weighted by Gasteiger charge is -2.05. The minimum Gasteiger partial charge on any atom is -0.506 e. The third kappa shape index (κ3) is 5.53. The molecule has 0 heterocycles. The van der Waals surface area contributed by atoms with Crippen molar-refractivity contribution in [1.29, 1.82) is 0 Å². The number of phenols is 1. The van der Waals surface area contributed by atoms with Crippen molar-refractivity contribution in [2.75, 3.05) is 6.61 Å². The summed E-state index contributed by atoms with van der Waals surface area (Å²) in [7, 11) is 0. The number of carbonyl (C=O) groups excluding carboxylic acids is 1. The predicted octanol–water partition coefficient (Wildman–Crippen LogP) is 4.10. The molecule has 0 aliphatic rings. The summed E-state index contributed by atoms with van der Waals surface area (Å²) in [4.78, 5) is 11.6. The molecule has 0 atom stereocenters. The van der Waals surface area contributed by atoms with Crippen LogP contribution in [0.1, 0.15) is 5.56 Å². The highest BCUT2D eigenvalue weighted by atomic mass is 79.9. The quantitative estimate of drug-likeness (QED) is 0.519. The maximum absolute atomic E-state index is 11.6. The van der Waals surface area contributed by atoms with Gasteiger partial charge in [0.2, 0.25) is 0 Å². The molecule has 23 heavy (non-hydrogen) atoms. The molecule has 120 valence electrons. The number of nitrogens with one attached hydrogen (secondary N) is 1. The molecule has 0 aromatic heterocycles. The van der Waals surface area contributed by atoms with E-state index in [0.717, 1.165) is 0 Å². The highest BCUT2D eigenvalue weighted by Crippen LogP contribution is 2.32. The molecule has 0 bridgehead atoms. The Morgan fingerprint density at radius 2 is 2.00 bits per heavy atom. The van der Waals surface area contributed by atoms with Crippen LogP contribution in [0.25, 0.3) is 0 Å². The van der Waals surface area contributed by atoms with E-state index in [1.165, 1.54) is 6.21 Å². The molecular formula is C15H11Br2ClN2O3. The molecule has 0 aliphatic carbocycles. The highest BCUT2D eigenvalue weighted by Gasteiger charge is 2.05. The second-order valence-electron chi connectivity index (χ2n) is 4.37. The predicted molar refractivity (Wildman–Crippen MR) is 96.2 cm³/mol. The van der Waals surface area contributed by atoms with Gasteiger partial charge in [-0.3, -0.25) is 4.79 Å². The molecule has 0 spiro atoms. The summed E-state index contributed by atoms with van der Waals surface area (Å²) in [5.74, 6) is 0.197. The van der Waals surface area contributed by atoms with E-state index in [9.17, 15) is 9.90 Å². The van der Waals surface area contributed by atoms with Crippen molar-refractivity contribution >= 4 is 55.6 Å². The van der Waals surface area contributed by atoms with E-state index in [2.05, 4.69) is 42.4 Å². The van der Waals surface area contributed by atoms with Gasteiger partial charge in [0.15, 0.2) is 6.61 Å². The van der Waals surface area contributed by atoms with Gasteiger partial charge in [-0.05, 0) is 67.8 Å². The molecule has 0 radical (unpaired) electrons. The minimum atomic E-state index is -0.405. The number of nitrogens with zero attached hydrogens (tertiary/aromatic N) is 1. The van der Waals surface area contributed by atoms with E-state index in [1.54, 1.807) is 36.4 Å². The van der Waals surface area contributed by atoms with Crippen LogP contribution in [0.15, 0.2) is 50.4 Å². The summed E-state index contributed by atoms with van der Waals surface area (Å²) < 4.78 is 6.32. The van der Waals surface area contributed by atoms with E-state index < -0.39 is 5.91 Å². The molecule has 2 aromatic rings. The lowest BCUT2D eigenvalue weighted by Crippen LogP contribution is -2.24. The number of hydrogen-bond acceptors (Lipinski definition) is 4. The standard InChI is InChI=1S/C15H11Br2ClN2O3/c16-12-4-9(5-13(17)15(12)22)7-19-20-14(21)8-23-11-3-1-2-10(18)6-11/h1-7,22H,8H2,(H,20,21). The highest BCUT2D eigenvalue weighted by molar-refractivity contribution is 9.11. The van der Waals surface area contributed by atoms with Crippen molar-refractivity contribution in [3.05, 3.63) is 55.9 Å². The van der Waals surface area contributed by atoms with Gasteiger partial charge in [-0.1, -0.05) is 17.7 Å². The Bertz CT molecular complexity index is 730. The molecule has 0 saturated heterocycles. The Morgan fingerprint density at radius 3 is 2.65 bits per heavy atom. The number of phenolic OH excluding ortho intramolecular Hbond substituents is 1. The maximum Gasteiger partial charge on any atom is 0.277 e. The summed E-state index contributed by atoms with van der Waals surface area (Å²) in [5.41, 5.74) is 3.04. The van der Waals surface area contributed by atoms with Gasteiger partial charge < -0.3 is 9.84 Å². The van der Waals surface area contributed by atoms with Crippen LogP contribution in [-0.2, 0) is 4.79 Å². The van der Waals surface area contributed by atoms with Crippen LogP contribution < -0.4 is 10.2 Å². The molecule has 0 saturated carbocycles. The van der Waals surface area contributed by atoms with Crippen molar-refractivity contribution in [3.8, 4) is 11.5 Å². The number of halogens is 3. The third-order valence-electron chi connectivity index (χ3n) is 2.61. The molecular weight excluding hydrogens is 451 g/mol. The molecule has 8 heteroatoms. The van der Waals surface area contributed by atoms with Gasteiger partial charge in [-0.2, -0.15) is 5.10 Å². The van der Waals surface area contributed by atoms with Gasteiger partial charge >= 0.3 is 0 Å². The first-order chi connectivity index (χ1) is 11.0. The molecule has 2 rings (SSSR count). The van der Waals surface area contributed by atoms with E-state index >= 15 is 0 Å². The van der Waals surface area contributed by atoms with Crippen molar-refractivity contribution in [1.82, 2.24) is 5.43 Å². The first-order valence-electron chi connectivity index (χ1n) is 6.34. The third-order valence-corrected chi connectivity index (χ3v) is 4.05. The molecule has 0 aliphatic heterocycles.